The van der Waals surface area contributed by atoms with Crippen LogP contribution in [0.2, 0.25) is 0 Å². The predicted molar refractivity (Wildman–Crippen MR) is 77.0 cm³/mol. The van der Waals surface area contributed by atoms with Crippen LogP contribution in [0.15, 0.2) is 0 Å². The second-order valence-corrected chi connectivity index (χ2v) is 6.32. The number of piperidine rings is 1. The Labute approximate surface area is 117 Å². The molecule has 1 heterocycles. The Kier molecular flexibility index (Phi) is 6.15. The second kappa shape index (κ2) is 7.88. The van der Waals surface area contributed by atoms with E-state index >= 15 is 0 Å². The van der Waals surface area contributed by atoms with Crippen molar-refractivity contribution in [2.24, 2.45) is 11.8 Å². The van der Waals surface area contributed by atoms with Crippen LogP contribution in [0.5, 0.6) is 0 Å². The van der Waals surface area contributed by atoms with Crippen molar-refractivity contribution in [3.8, 4) is 0 Å². The van der Waals surface area contributed by atoms with Crippen molar-refractivity contribution in [1.82, 2.24) is 4.90 Å². The van der Waals surface area contributed by atoms with Crippen LogP contribution in [0.25, 0.3) is 0 Å². The summed E-state index contributed by atoms with van der Waals surface area (Å²) in [5.74, 6) is 1.87. The Morgan fingerprint density at radius 1 is 1.05 bits per heavy atom. The zero-order chi connectivity index (χ0) is 13.5. The van der Waals surface area contributed by atoms with E-state index in [0.29, 0.717) is 11.8 Å². The third-order valence-corrected chi connectivity index (χ3v) is 4.86. The normalized spacial score (nSPS) is 22.7. The Balaban J connectivity index is 1.63. The molecule has 0 atom stereocenters. The molecular formula is C16H29NO2. The average Bonchev–Trinajstić information content (AvgIpc) is 2.47. The summed E-state index contributed by atoms with van der Waals surface area (Å²) in [6, 6.07) is 0. The molecule has 0 aromatic rings. The molecule has 0 N–H and O–H groups in total. The summed E-state index contributed by atoms with van der Waals surface area (Å²) in [5.41, 5.74) is 0. The molecule has 2 fully saturated rings. The Bertz CT molecular complexity index is 266. The van der Waals surface area contributed by atoms with E-state index < -0.39 is 0 Å². The zero-order valence-corrected chi connectivity index (χ0v) is 12.4. The van der Waals surface area contributed by atoms with Gasteiger partial charge in [0.1, 0.15) is 0 Å². The minimum atomic E-state index is 0.390. The highest BCUT2D eigenvalue weighted by molar-refractivity contribution is 5.76. The molecule has 0 aromatic carbocycles. The molecule has 0 bridgehead atoms. The maximum absolute atomic E-state index is 12.2. The lowest BCUT2D eigenvalue weighted by Crippen LogP contribution is -2.39. The van der Waals surface area contributed by atoms with Crippen molar-refractivity contribution in [3.63, 3.8) is 0 Å². The highest BCUT2D eigenvalue weighted by atomic mass is 16.5. The number of carbonyl (C=O) groups is 1. The topological polar surface area (TPSA) is 29.5 Å². The van der Waals surface area contributed by atoms with Crippen molar-refractivity contribution in [1.29, 1.82) is 0 Å². The van der Waals surface area contributed by atoms with Crippen LogP contribution < -0.4 is 0 Å². The number of ether oxygens (including phenoxy) is 1. The number of hydrogen-bond donors (Lipinski definition) is 0. The number of hydrogen-bond acceptors (Lipinski definition) is 2. The van der Waals surface area contributed by atoms with Gasteiger partial charge in [-0.1, -0.05) is 32.1 Å². The summed E-state index contributed by atoms with van der Waals surface area (Å²) in [5, 5.41) is 0. The van der Waals surface area contributed by atoms with Gasteiger partial charge in [0.25, 0.3) is 0 Å². The number of rotatable bonds is 5. The van der Waals surface area contributed by atoms with Crippen LogP contribution in [0.4, 0.5) is 0 Å². The lowest BCUT2D eigenvalue weighted by molar-refractivity contribution is -0.133. The molecule has 1 amide bonds. The van der Waals surface area contributed by atoms with Gasteiger partial charge in [-0.25, -0.2) is 0 Å². The lowest BCUT2D eigenvalue weighted by atomic mass is 9.86. The summed E-state index contributed by atoms with van der Waals surface area (Å²) >= 11 is 0. The van der Waals surface area contributed by atoms with E-state index in [9.17, 15) is 4.79 Å². The van der Waals surface area contributed by atoms with Gasteiger partial charge in [0.05, 0.1) is 0 Å². The summed E-state index contributed by atoms with van der Waals surface area (Å²) in [6.07, 6.45) is 11.0. The third-order valence-electron chi connectivity index (χ3n) is 4.86. The van der Waals surface area contributed by atoms with Gasteiger partial charge in [0.15, 0.2) is 0 Å². The number of carbonyl (C=O) groups excluding carboxylic acids is 1. The highest BCUT2D eigenvalue weighted by Crippen LogP contribution is 2.28. The van der Waals surface area contributed by atoms with E-state index in [1.807, 2.05) is 0 Å². The highest BCUT2D eigenvalue weighted by Gasteiger charge is 2.23. The molecule has 0 spiro atoms. The maximum atomic E-state index is 12.2. The largest absolute Gasteiger partial charge is 0.384 e. The van der Waals surface area contributed by atoms with Gasteiger partial charge in [0, 0.05) is 33.2 Å². The van der Waals surface area contributed by atoms with Crippen molar-refractivity contribution in [3.05, 3.63) is 0 Å². The molecule has 3 heteroatoms. The monoisotopic (exact) mass is 267 g/mol. The Hall–Kier alpha value is -0.570. The quantitative estimate of drug-likeness (QED) is 0.765. The van der Waals surface area contributed by atoms with Gasteiger partial charge in [0.2, 0.25) is 5.91 Å². The van der Waals surface area contributed by atoms with Crippen molar-refractivity contribution < 1.29 is 9.53 Å². The molecule has 1 aliphatic carbocycles. The molecule has 1 saturated heterocycles. The van der Waals surface area contributed by atoms with Gasteiger partial charge in [-0.05, 0) is 31.1 Å². The van der Waals surface area contributed by atoms with Gasteiger partial charge in [-0.15, -0.1) is 0 Å². The molecule has 2 aliphatic rings. The van der Waals surface area contributed by atoms with Crippen LogP contribution in [0, 0.1) is 11.8 Å². The first-order chi connectivity index (χ1) is 9.29. The molecule has 1 aliphatic heterocycles. The molecule has 3 nitrogen and oxygen atoms in total. The second-order valence-electron chi connectivity index (χ2n) is 6.32. The van der Waals surface area contributed by atoms with Gasteiger partial charge < -0.3 is 9.64 Å². The third kappa shape index (κ3) is 4.79. The van der Waals surface area contributed by atoms with Crippen LogP contribution in [-0.2, 0) is 9.53 Å². The average molecular weight is 267 g/mol. The summed E-state index contributed by atoms with van der Waals surface area (Å²) in [4.78, 5) is 14.3. The molecule has 0 radical (unpaired) electrons. The fourth-order valence-corrected chi connectivity index (χ4v) is 3.55. The fraction of sp³-hybridized carbons (Fsp3) is 0.938. The molecular weight excluding hydrogens is 238 g/mol. The minimum absolute atomic E-state index is 0.390. The molecule has 1 saturated carbocycles. The first-order valence-electron chi connectivity index (χ1n) is 8.06. The first kappa shape index (κ1) is 14.8. The van der Waals surface area contributed by atoms with E-state index in [-0.39, 0.29) is 0 Å². The summed E-state index contributed by atoms with van der Waals surface area (Å²) < 4.78 is 5.20. The number of amides is 1. The standard InChI is InChI=1S/C16H29NO2/c1-19-13-15-9-11-17(12-10-15)16(18)8-7-14-5-3-2-4-6-14/h14-15H,2-13H2,1H3. The Morgan fingerprint density at radius 3 is 2.37 bits per heavy atom. The smallest absolute Gasteiger partial charge is 0.222 e. The first-order valence-corrected chi connectivity index (χ1v) is 8.06. The van der Waals surface area contributed by atoms with Crippen LogP contribution in [0.1, 0.15) is 57.8 Å². The van der Waals surface area contributed by atoms with Crippen LogP contribution in [0.3, 0.4) is 0 Å². The summed E-state index contributed by atoms with van der Waals surface area (Å²) in [6.45, 7) is 2.74. The van der Waals surface area contributed by atoms with E-state index in [4.69, 9.17) is 4.74 Å². The molecule has 0 unspecified atom stereocenters. The SMILES string of the molecule is COCC1CCN(C(=O)CCC2CCCCC2)CC1. The van der Waals surface area contributed by atoms with E-state index in [1.165, 1.54) is 32.1 Å². The van der Waals surface area contributed by atoms with Gasteiger partial charge in [-0.2, -0.15) is 0 Å². The number of methoxy groups -OCH3 is 1. The van der Waals surface area contributed by atoms with Crippen molar-refractivity contribution in [2.75, 3.05) is 26.8 Å². The van der Waals surface area contributed by atoms with Gasteiger partial charge >= 0.3 is 0 Å². The fourth-order valence-electron chi connectivity index (χ4n) is 3.55. The van der Waals surface area contributed by atoms with E-state index in [2.05, 4.69) is 4.90 Å². The summed E-state index contributed by atoms with van der Waals surface area (Å²) in [7, 11) is 1.77. The van der Waals surface area contributed by atoms with E-state index in [1.54, 1.807) is 7.11 Å². The predicted octanol–water partition coefficient (Wildman–Crippen LogP) is 3.23. The maximum Gasteiger partial charge on any atom is 0.222 e. The molecule has 19 heavy (non-hydrogen) atoms. The van der Waals surface area contributed by atoms with Crippen molar-refractivity contribution in [2.45, 2.75) is 57.8 Å². The minimum Gasteiger partial charge on any atom is -0.384 e. The number of likely N-dealkylation sites (tertiary alicyclic amines) is 1. The van der Waals surface area contributed by atoms with E-state index in [0.717, 1.165) is 51.3 Å². The van der Waals surface area contributed by atoms with Crippen LogP contribution >= 0.6 is 0 Å². The molecule has 110 valence electrons. The molecule has 2 rings (SSSR count). The molecule has 0 aromatic heterocycles. The van der Waals surface area contributed by atoms with Gasteiger partial charge in [-0.3, -0.25) is 4.79 Å². The van der Waals surface area contributed by atoms with Crippen molar-refractivity contribution >= 4 is 5.91 Å². The zero-order valence-electron chi connectivity index (χ0n) is 12.4. The number of nitrogens with zero attached hydrogens (tertiary/aromatic N) is 1. The Morgan fingerprint density at radius 2 is 1.74 bits per heavy atom. The lowest BCUT2D eigenvalue weighted by Gasteiger charge is -2.32. The van der Waals surface area contributed by atoms with Crippen LogP contribution in [-0.4, -0.2) is 37.6 Å².